The topological polar surface area (TPSA) is 62.8 Å². The average molecular weight is 418 g/mol. The van der Waals surface area contributed by atoms with Gasteiger partial charge in [0.2, 0.25) is 5.91 Å². The lowest BCUT2D eigenvalue weighted by atomic mass is 10.1. The van der Waals surface area contributed by atoms with Gasteiger partial charge >= 0.3 is 0 Å². The number of hydrogen-bond acceptors (Lipinski definition) is 5. The van der Waals surface area contributed by atoms with Gasteiger partial charge in [0, 0.05) is 43.3 Å². The zero-order chi connectivity index (χ0) is 20.5. The van der Waals surface area contributed by atoms with E-state index in [1.54, 1.807) is 25.3 Å². The molecule has 3 rings (SSSR count). The van der Waals surface area contributed by atoms with E-state index in [-0.39, 0.29) is 5.91 Å². The van der Waals surface area contributed by atoms with Gasteiger partial charge in [-0.05, 0) is 42.3 Å². The second-order valence-corrected chi connectivity index (χ2v) is 7.41. The fraction of sp³-hybridized carbons (Fsp3) is 0.409. The highest BCUT2D eigenvalue weighted by molar-refractivity contribution is 6.30. The van der Waals surface area contributed by atoms with Crippen molar-refractivity contribution in [2.75, 3.05) is 57.1 Å². The molecule has 0 unspecified atom stereocenters. The molecular formula is C22H28ClN3O3. The van der Waals surface area contributed by atoms with Crippen molar-refractivity contribution in [2.45, 2.75) is 12.8 Å². The Kier molecular flexibility index (Phi) is 8.16. The molecule has 0 spiro atoms. The van der Waals surface area contributed by atoms with Crippen molar-refractivity contribution < 1.29 is 14.3 Å². The second-order valence-electron chi connectivity index (χ2n) is 6.97. The molecule has 1 aliphatic rings. The van der Waals surface area contributed by atoms with E-state index in [2.05, 4.69) is 27.7 Å². The largest absolute Gasteiger partial charge is 0.495 e. The number of hydrogen-bond donors (Lipinski definition) is 2. The van der Waals surface area contributed by atoms with Crippen LogP contribution < -0.4 is 15.4 Å². The highest BCUT2D eigenvalue weighted by Crippen LogP contribution is 2.27. The molecule has 0 bridgehead atoms. The first-order chi connectivity index (χ1) is 14.1. The molecule has 2 N–H and O–H groups in total. The molecule has 156 valence electrons. The quantitative estimate of drug-likeness (QED) is 0.651. The van der Waals surface area contributed by atoms with Crippen LogP contribution in [0.25, 0.3) is 0 Å². The molecule has 0 aliphatic carbocycles. The maximum atomic E-state index is 12.2. The predicted molar refractivity (Wildman–Crippen MR) is 117 cm³/mol. The number of amides is 1. The summed E-state index contributed by atoms with van der Waals surface area (Å²) in [6.07, 6.45) is 1.34. The first-order valence-corrected chi connectivity index (χ1v) is 10.3. The van der Waals surface area contributed by atoms with Crippen molar-refractivity contribution in [3.05, 3.63) is 53.1 Å². The van der Waals surface area contributed by atoms with Gasteiger partial charge in [0.05, 0.1) is 26.0 Å². The summed E-state index contributed by atoms with van der Waals surface area (Å²) in [5, 5.41) is 6.75. The molecule has 7 heteroatoms. The number of carbonyl (C=O) groups excluding carboxylic acids is 1. The molecule has 1 aliphatic heterocycles. The summed E-state index contributed by atoms with van der Waals surface area (Å²) in [6, 6.07) is 13.4. The van der Waals surface area contributed by atoms with Crippen LogP contribution in [-0.2, 0) is 16.0 Å². The lowest BCUT2D eigenvalue weighted by molar-refractivity contribution is -0.115. The number of methoxy groups -OCH3 is 1. The van der Waals surface area contributed by atoms with Gasteiger partial charge < -0.3 is 20.1 Å². The van der Waals surface area contributed by atoms with Gasteiger partial charge in [-0.25, -0.2) is 0 Å². The molecule has 1 amide bonds. The molecule has 0 radical (unpaired) electrons. The van der Waals surface area contributed by atoms with Gasteiger partial charge in [0.15, 0.2) is 0 Å². The van der Waals surface area contributed by atoms with Crippen molar-refractivity contribution in [1.82, 2.24) is 4.90 Å². The number of nitrogens with one attached hydrogen (secondary N) is 2. The number of benzene rings is 2. The molecule has 6 nitrogen and oxygen atoms in total. The smallest absolute Gasteiger partial charge is 0.226 e. The zero-order valence-electron chi connectivity index (χ0n) is 16.7. The highest BCUT2D eigenvalue weighted by atomic mass is 35.5. The summed E-state index contributed by atoms with van der Waals surface area (Å²) in [5.74, 6) is 0.655. The van der Waals surface area contributed by atoms with Crippen LogP contribution in [0.5, 0.6) is 5.75 Å². The van der Waals surface area contributed by atoms with Crippen LogP contribution in [-0.4, -0.2) is 57.3 Å². The Hall–Kier alpha value is -2.28. The van der Waals surface area contributed by atoms with Gasteiger partial charge in [-0.3, -0.25) is 9.69 Å². The van der Waals surface area contributed by atoms with Crippen LogP contribution in [0, 0.1) is 0 Å². The summed E-state index contributed by atoms with van der Waals surface area (Å²) < 4.78 is 10.7. The third-order valence-corrected chi connectivity index (χ3v) is 5.12. The van der Waals surface area contributed by atoms with E-state index >= 15 is 0 Å². The molecule has 1 saturated heterocycles. The van der Waals surface area contributed by atoms with E-state index < -0.39 is 0 Å². The fourth-order valence-corrected chi connectivity index (χ4v) is 3.39. The summed E-state index contributed by atoms with van der Waals surface area (Å²) >= 11 is 6.02. The van der Waals surface area contributed by atoms with E-state index in [9.17, 15) is 4.79 Å². The third kappa shape index (κ3) is 6.92. The van der Waals surface area contributed by atoms with Crippen LogP contribution >= 0.6 is 11.6 Å². The normalized spacial score (nSPS) is 14.4. The number of morpholine rings is 1. The molecule has 0 atom stereocenters. The Morgan fingerprint density at radius 2 is 1.93 bits per heavy atom. The van der Waals surface area contributed by atoms with Crippen LogP contribution in [0.4, 0.5) is 11.4 Å². The van der Waals surface area contributed by atoms with Gasteiger partial charge in [-0.2, -0.15) is 0 Å². The Morgan fingerprint density at radius 3 is 2.66 bits per heavy atom. The van der Waals surface area contributed by atoms with Crippen molar-refractivity contribution in [3.63, 3.8) is 0 Å². The number of halogens is 1. The minimum atomic E-state index is -0.0421. The summed E-state index contributed by atoms with van der Waals surface area (Å²) in [4.78, 5) is 14.6. The Bertz CT molecular complexity index is 792. The third-order valence-electron chi connectivity index (χ3n) is 4.89. The maximum Gasteiger partial charge on any atom is 0.226 e. The predicted octanol–water partition coefficient (Wildman–Crippen LogP) is 3.66. The molecule has 0 saturated carbocycles. The van der Waals surface area contributed by atoms with Crippen molar-refractivity contribution in [3.8, 4) is 5.75 Å². The monoisotopic (exact) mass is 417 g/mol. The van der Waals surface area contributed by atoms with Crippen molar-refractivity contribution in [2.24, 2.45) is 0 Å². The Balaban J connectivity index is 1.40. The van der Waals surface area contributed by atoms with Gasteiger partial charge in [0.25, 0.3) is 0 Å². The molecule has 0 aromatic heterocycles. The van der Waals surface area contributed by atoms with E-state index in [4.69, 9.17) is 21.1 Å². The first-order valence-electron chi connectivity index (χ1n) is 9.90. The molecule has 2 aromatic carbocycles. The summed E-state index contributed by atoms with van der Waals surface area (Å²) in [6.45, 7) is 5.17. The van der Waals surface area contributed by atoms with Crippen LogP contribution in [0.15, 0.2) is 42.5 Å². The average Bonchev–Trinajstić information content (AvgIpc) is 2.74. The van der Waals surface area contributed by atoms with E-state index in [1.165, 1.54) is 5.56 Å². The lowest BCUT2D eigenvalue weighted by Gasteiger charge is -2.26. The number of nitrogens with zero attached hydrogens (tertiary/aromatic N) is 1. The lowest BCUT2D eigenvalue weighted by Crippen LogP contribution is -2.37. The van der Waals surface area contributed by atoms with E-state index in [0.29, 0.717) is 23.7 Å². The molecular weight excluding hydrogens is 390 g/mol. The fourth-order valence-electron chi connectivity index (χ4n) is 3.22. The SMILES string of the molecule is COc1ccc(Cl)cc1NCCC(=O)Nc1ccc(CCN2CCOCC2)cc1. The number of ether oxygens (including phenoxy) is 2. The first kappa shape index (κ1) is 21.4. The second kappa shape index (κ2) is 11.0. The minimum absolute atomic E-state index is 0.0421. The molecule has 1 fully saturated rings. The molecule has 2 aromatic rings. The molecule has 1 heterocycles. The van der Waals surface area contributed by atoms with Gasteiger partial charge in [0.1, 0.15) is 5.75 Å². The maximum absolute atomic E-state index is 12.2. The van der Waals surface area contributed by atoms with Crippen LogP contribution in [0.1, 0.15) is 12.0 Å². The molecule has 29 heavy (non-hydrogen) atoms. The summed E-state index contributed by atoms with van der Waals surface area (Å²) in [5.41, 5.74) is 2.85. The van der Waals surface area contributed by atoms with E-state index in [1.807, 2.05) is 12.1 Å². The highest BCUT2D eigenvalue weighted by Gasteiger charge is 2.10. The summed E-state index contributed by atoms with van der Waals surface area (Å²) in [7, 11) is 1.60. The zero-order valence-corrected chi connectivity index (χ0v) is 17.5. The standard InChI is InChI=1S/C22H28ClN3O3/c1-28-21-7-4-18(23)16-20(21)24-10-8-22(27)25-19-5-2-17(3-6-19)9-11-26-12-14-29-15-13-26/h2-7,16,24H,8-15H2,1H3,(H,25,27). The number of rotatable bonds is 9. The number of carbonyl (C=O) groups is 1. The van der Waals surface area contributed by atoms with E-state index in [0.717, 1.165) is 50.6 Å². The minimum Gasteiger partial charge on any atom is -0.495 e. The Morgan fingerprint density at radius 1 is 1.17 bits per heavy atom. The van der Waals surface area contributed by atoms with Gasteiger partial charge in [-0.1, -0.05) is 23.7 Å². The van der Waals surface area contributed by atoms with Gasteiger partial charge in [-0.15, -0.1) is 0 Å². The Labute approximate surface area is 177 Å². The van der Waals surface area contributed by atoms with Crippen molar-refractivity contribution in [1.29, 1.82) is 0 Å². The number of anilines is 2. The van der Waals surface area contributed by atoms with Crippen LogP contribution in [0.2, 0.25) is 5.02 Å². The van der Waals surface area contributed by atoms with Crippen molar-refractivity contribution >= 4 is 28.9 Å². The van der Waals surface area contributed by atoms with Crippen LogP contribution in [0.3, 0.4) is 0 Å².